The highest BCUT2D eigenvalue weighted by molar-refractivity contribution is 7.96. The molecule has 0 aliphatic heterocycles. The van der Waals surface area contributed by atoms with Crippen molar-refractivity contribution in [3.8, 4) is 0 Å². The van der Waals surface area contributed by atoms with Gasteiger partial charge < -0.3 is 5.73 Å². The van der Waals surface area contributed by atoms with Crippen LogP contribution in [0.2, 0.25) is 0 Å². The Morgan fingerprint density at radius 3 is 1.59 bits per heavy atom. The van der Waals surface area contributed by atoms with Gasteiger partial charge in [-0.1, -0.05) is 35.4 Å². The monoisotopic (exact) mass is 412 g/mol. The molecule has 2 unspecified atom stereocenters. The van der Waals surface area contributed by atoms with E-state index in [-0.39, 0.29) is 9.79 Å². The molecule has 10 heteroatoms. The van der Waals surface area contributed by atoms with Crippen LogP contribution in [-0.4, -0.2) is 38.6 Å². The van der Waals surface area contributed by atoms with E-state index in [0.29, 0.717) is 0 Å². The molecule has 146 valence electrons. The molecule has 0 bridgehead atoms. The summed E-state index contributed by atoms with van der Waals surface area (Å²) in [5, 5.41) is 4.60. The lowest BCUT2D eigenvalue weighted by molar-refractivity contribution is -0.128. The first-order chi connectivity index (χ1) is 12.5. The van der Waals surface area contributed by atoms with Gasteiger partial charge in [0.25, 0.3) is 5.91 Å². The molecule has 0 radical (unpaired) electrons. The molecule has 0 fully saturated rings. The van der Waals surface area contributed by atoms with E-state index in [2.05, 4.69) is 0 Å². The lowest BCUT2D eigenvalue weighted by atomic mass is 10.2. The summed E-state index contributed by atoms with van der Waals surface area (Å²) in [4.78, 5) is 11.6. The average molecular weight is 412 g/mol. The Labute approximate surface area is 157 Å². The Morgan fingerprint density at radius 2 is 1.22 bits per heavy atom. The maximum absolute atomic E-state index is 12.9. The first-order valence-corrected chi connectivity index (χ1v) is 10.9. The molecule has 27 heavy (non-hydrogen) atoms. The van der Waals surface area contributed by atoms with Crippen molar-refractivity contribution in [1.29, 1.82) is 0 Å². The van der Waals surface area contributed by atoms with Gasteiger partial charge in [-0.15, -0.1) is 0 Å². The summed E-state index contributed by atoms with van der Waals surface area (Å²) >= 11 is 0. The normalized spacial score (nSPS) is 14.4. The van der Waals surface area contributed by atoms with E-state index < -0.39 is 36.2 Å². The molecular formula is C17H20N2O6S2. The van der Waals surface area contributed by atoms with E-state index in [9.17, 15) is 21.6 Å². The Morgan fingerprint density at radius 1 is 0.852 bits per heavy atom. The SMILES string of the molecule is Cc1ccc(S(=O)(=O)C(N)C(C(=O)NO)S(=O)(=O)c2ccc(C)cc2)cc1. The minimum Gasteiger partial charge on any atom is -0.313 e. The summed E-state index contributed by atoms with van der Waals surface area (Å²) in [6.07, 6.45) is 0. The fourth-order valence-corrected chi connectivity index (χ4v) is 6.11. The van der Waals surface area contributed by atoms with Gasteiger partial charge in [-0.25, -0.2) is 22.3 Å². The predicted molar refractivity (Wildman–Crippen MR) is 98.4 cm³/mol. The predicted octanol–water partition coefficient (Wildman–Crippen LogP) is 0.710. The summed E-state index contributed by atoms with van der Waals surface area (Å²) in [5.74, 6) is -1.43. The second kappa shape index (κ2) is 7.77. The molecule has 0 spiro atoms. The lowest BCUT2D eigenvalue weighted by Crippen LogP contribution is -2.53. The van der Waals surface area contributed by atoms with Crippen molar-refractivity contribution in [1.82, 2.24) is 5.48 Å². The molecule has 4 N–H and O–H groups in total. The minimum absolute atomic E-state index is 0.226. The van der Waals surface area contributed by atoms with E-state index in [1.165, 1.54) is 54.0 Å². The summed E-state index contributed by atoms with van der Waals surface area (Å²) in [5.41, 5.74) is 8.52. The third kappa shape index (κ3) is 4.19. The number of sulfone groups is 2. The third-order valence-corrected chi connectivity index (χ3v) is 8.25. The van der Waals surface area contributed by atoms with Crippen LogP contribution >= 0.6 is 0 Å². The number of carbonyl (C=O) groups is 1. The molecule has 0 saturated heterocycles. The number of nitrogens with two attached hydrogens (primary N) is 1. The van der Waals surface area contributed by atoms with Crippen LogP contribution in [0.4, 0.5) is 0 Å². The van der Waals surface area contributed by atoms with Gasteiger partial charge in [-0.05, 0) is 38.1 Å². The molecule has 0 aromatic heterocycles. The molecule has 0 aliphatic carbocycles. The van der Waals surface area contributed by atoms with Gasteiger partial charge in [0.05, 0.1) is 9.79 Å². The van der Waals surface area contributed by atoms with Crippen LogP contribution in [0.5, 0.6) is 0 Å². The van der Waals surface area contributed by atoms with E-state index in [4.69, 9.17) is 10.9 Å². The van der Waals surface area contributed by atoms with E-state index in [1.54, 1.807) is 13.8 Å². The quantitative estimate of drug-likeness (QED) is 0.468. The van der Waals surface area contributed by atoms with Crippen molar-refractivity contribution < 1.29 is 26.8 Å². The Kier molecular flexibility index (Phi) is 6.05. The van der Waals surface area contributed by atoms with Crippen molar-refractivity contribution in [2.75, 3.05) is 0 Å². The van der Waals surface area contributed by atoms with Crippen LogP contribution in [0.3, 0.4) is 0 Å². The van der Waals surface area contributed by atoms with Gasteiger partial charge in [-0.2, -0.15) is 0 Å². The van der Waals surface area contributed by atoms with Crippen molar-refractivity contribution in [2.24, 2.45) is 5.73 Å². The summed E-state index contributed by atoms with van der Waals surface area (Å²) in [7, 11) is -8.89. The zero-order chi connectivity index (χ0) is 20.4. The second-order valence-corrected chi connectivity index (χ2v) is 10.3. The number of amides is 1. The van der Waals surface area contributed by atoms with Gasteiger partial charge in [0.1, 0.15) is 5.37 Å². The number of carbonyl (C=O) groups excluding carboxylic acids is 1. The fraction of sp³-hybridized carbons (Fsp3) is 0.235. The molecule has 0 aliphatic rings. The Balaban J connectivity index is 2.57. The Bertz CT molecular complexity index is 1030. The van der Waals surface area contributed by atoms with Crippen molar-refractivity contribution in [2.45, 2.75) is 34.3 Å². The number of aryl methyl sites for hydroxylation is 2. The highest BCUT2D eigenvalue weighted by atomic mass is 32.2. The number of hydrogen-bond acceptors (Lipinski definition) is 7. The van der Waals surface area contributed by atoms with Crippen LogP contribution in [0, 0.1) is 13.8 Å². The first-order valence-electron chi connectivity index (χ1n) is 7.82. The van der Waals surface area contributed by atoms with Crippen molar-refractivity contribution >= 4 is 25.6 Å². The number of benzene rings is 2. The Hall–Kier alpha value is -2.27. The number of hydroxylamine groups is 1. The zero-order valence-electron chi connectivity index (χ0n) is 14.7. The van der Waals surface area contributed by atoms with E-state index >= 15 is 0 Å². The van der Waals surface area contributed by atoms with Crippen LogP contribution in [0.1, 0.15) is 11.1 Å². The standard InChI is InChI=1S/C17H20N2O6S2/c1-11-3-7-13(8-4-11)26(22,23)15(17(20)19-21)16(18)27(24,25)14-9-5-12(2)6-10-14/h3-10,15-16,21H,18H2,1-2H3,(H,19,20). The molecule has 2 rings (SSSR count). The average Bonchev–Trinajstić information content (AvgIpc) is 2.62. The van der Waals surface area contributed by atoms with Crippen LogP contribution in [0.15, 0.2) is 58.3 Å². The largest absolute Gasteiger partial charge is 0.313 e. The molecule has 0 heterocycles. The summed E-state index contributed by atoms with van der Waals surface area (Å²) < 4.78 is 51.4. The van der Waals surface area contributed by atoms with Crippen LogP contribution in [0.25, 0.3) is 0 Å². The summed E-state index contributed by atoms with van der Waals surface area (Å²) in [6, 6.07) is 11.1. The van der Waals surface area contributed by atoms with Gasteiger partial charge in [-0.3, -0.25) is 10.0 Å². The lowest BCUT2D eigenvalue weighted by Gasteiger charge is -2.22. The molecule has 8 nitrogen and oxygen atoms in total. The van der Waals surface area contributed by atoms with Crippen LogP contribution < -0.4 is 11.2 Å². The molecule has 2 atom stereocenters. The molecule has 2 aromatic carbocycles. The number of nitrogens with one attached hydrogen (secondary N) is 1. The smallest absolute Gasteiger partial charge is 0.264 e. The second-order valence-electron chi connectivity index (χ2n) is 6.08. The topological polar surface area (TPSA) is 144 Å². The van der Waals surface area contributed by atoms with E-state index in [1.807, 2.05) is 0 Å². The fourth-order valence-electron chi connectivity index (χ4n) is 2.45. The van der Waals surface area contributed by atoms with E-state index in [0.717, 1.165) is 11.1 Å². The maximum atomic E-state index is 12.9. The van der Waals surface area contributed by atoms with Gasteiger partial charge >= 0.3 is 0 Å². The molecular weight excluding hydrogens is 392 g/mol. The third-order valence-electron chi connectivity index (χ3n) is 4.06. The highest BCUT2D eigenvalue weighted by Crippen LogP contribution is 2.24. The van der Waals surface area contributed by atoms with Gasteiger partial charge in [0.2, 0.25) is 0 Å². The zero-order valence-corrected chi connectivity index (χ0v) is 16.3. The van der Waals surface area contributed by atoms with Crippen molar-refractivity contribution in [3.63, 3.8) is 0 Å². The molecule has 2 aromatic rings. The minimum atomic E-state index is -4.50. The van der Waals surface area contributed by atoms with Gasteiger partial charge in [0, 0.05) is 0 Å². The van der Waals surface area contributed by atoms with Crippen LogP contribution in [-0.2, 0) is 24.5 Å². The summed E-state index contributed by atoms with van der Waals surface area (Å²) in [6.45, 7) is 3.49. The highest BCUT2D eigenvalue weighted by Gasteiger charge is 2.45. The maximum Gasteiger partial charge on any atom is 0.264 e. The molecule has 0 saturated carbocycles. The number of rotatable bonds is 6. The van der Waals surface area contributed by atoms with Gasteiger partial charge in [0.15, 0.2) is 24.9 Å². The number of hydrogen-bond donors (Lipinski definition) is 3. The van der Waals surface area contributed by atoms with Crippen molar-refractivity contribution in [3.05, 3.63) is 59.7 Å². The first kappa shape index (κ1) is 21.0. The molecule has 1 amide bonds.